The Morgan fingerprint density at radius 3 is 3.12 bits per heavy atom. The molecule has 1 aromatic rings. The molecule has 0 spiro atoms. The zero-order valence-electron chi connectivity index (χ0n) is 8.43. The van der Waals surface area contributed by atoms with Gasteiger partial charge in [0.15, 0.2) is 0 Å². The summed E-state index contributed by atoms with van der Waals surface area (Å²) in [6.07, 6.45) is -0.342. The number of carbonyl (C=O) groups is 2. The van der Waals surface area contributed by atoms with Crippen molar-refractivity contribution in [2.45, 2.75) is 6.54 Å². The molecule has 0 atom stereocenters. The maximum atomic E-state index is 11.4. The number of nitrogens with zero attached hydrogens (tertiary/aromatic N) is 1. The lowest BCUT2D eigenvalue weighted by atomic mass is 10.2. The van der Waals surface area contributed by atoms with Crippen molar-refractivity contribution in [3.05, 3.63) is 21.9 Å². The van der Waals surface area contributed by atoms with Crippen LogP contribution in [0, 0.1) is 0 Å². The number of cyclic esters (lactones) is 1. The minimum Gasteiger partial charge on any atom is -0.448 e. The van der Waals surface area contributed by atoms with Crippen LogP contribution in [-0.2, 0) is 11.3 Å². The number of amides is 2. The van der Waals surface area contributed by atoms with Gasteiger partial charge in [0.05, 0.1) is 18.0 Å². The van der Waals surface area contributed by atoms with Gasteiger partial charge in [0.1, 0.15) is 6.61 Å². The molecule has 2 amide bonds. The molecule has 1 aliphatic rings. The van der Waals surface area contributed by atoms with Crippen LogP contribution in [0.25, 0.3) is 0 Å². The van der Waals surface area contributed by atoms with E-state index < -0.39 is 0 Å². The van der Waals surface area contributed by atoms with Crippen molar-refractivity contribution in [1.82, 2.24) is 10.3 Å². The normalized spacial score (nSPS) is 15.1. The van der Waals surface area contributed by atoms with Crippen molar-refractivity contribution in [3.63, 3.8) is 0 Å². The van der Waals surface area contributed by atoms with Crippen LogP contribution in [0.15, 0.2) is 11.4 Å². The van der Waals surface area contributed by atoms with Crippen LogP contribution < -0.4 is 11.3 Å². The Labute approximate surface area is 95.9 Å². The lowest BCUT2D eigenvalue weighted by Crippen LogP contribution is -2.31. The molecule has 0 aliphatic carbocycles. The van der Waals surface area contributed by atoms with Gasteiger partial charge in [-0.1, -0.05) is 0 Å². The Balaban J connectivity index is 2.12. The summed E-state index contributed by atoms with van der Waals surface area (Å²) in [6.45, 7) is 1.34. The maximum Gasteiger partial charge on any atom is 0.410 e. The first-order valence-electron chi connectivity index (χ1n) is 4.71. The molecule has 0 bridgehead atoms. The predicted molar refractivity (Wildman–Crippen MR) is 57.7 cm³/mol. The van der Waals surface area contributed by atoms with Gasteiger partial charge in [0.25, 0.3) is 5.91 Å². The molecular weight excluding hydrogens is 230 g/mol. The third kappa shape index (κ3) is 2.00. The summed E-state index contributed by atoms with van der Waals surface area (Å²) in [7, 11) is 0. The van der Waals surface area contributed by atoms with Crippen molar-refractivity contribution in [3.8, 4) is 0 Å². The van der Waals surface area contributed by atoms with Crippen LogP contribution >= 0.6 is 11.3 Å². The highest BCUT2D eigenvalue weighted by molar-refractivity contribution is 7.12. The number of thiophene rings is 1. The molecule has 6 nitrogen and oxygen atoms in total. The lowest BCUT2D eigenvalue weighted by Gasteiger charge is -2.12. The van der Waals surface area contributed by atoms with E-state index in [0.717, 1.165) is 5.56 Å². The van der Waals surface area contributed by atoms with Crippen molar-refractivity contribution in [1.29, 1.82) is 0 Å². The average molecular weight is 241 g/mol. The summed E-state index contributed by atoms with van der Waals surface area (Å²) < 4.78 is 4.81. The predicted octanol–water partition coefficient (Wildman–Crippen LogP) is 0.304. The van der Waals surface area contributed by atoms with Gasteiger partial charge in [-0.2, -0.15) is 0 Å². The number of rotatable bonds is 3. The number of nitrogens with two attached hydrogens (primary N) is 1. The number of nitrogen functional groups attached to an aromatic ring is 1. The van der Waals surface area contributed by atoms with Gasteiger partial charge in [0.2, 0.25) is 0 Å². The number of hydrogen-bond acceptors (Lipinski definition) is 5. The zero-order valence-corrected chi connectivity index (χ0v) is 9.25. The average Bonchev–Trinajstić information content (AvgIpc) is 2.88. The van der Waals surface area contributed by atoms with Crippen LogP contribution in [0.5, 0.6) is 0 Å². The molecule has 1 aromatic heterocycles. The minimum atomic E-state index is -0.342. The number of hydrogen-bond donors (Lipinski definition) is 2. The Bertz CT molecular complexity index is 418. The molecule has 0 saturated carbocycles. The summed E-state index contributed by atoms with van der Waals surface area (Å²) in [5.41, 5.74) is 2.86. The highest BCUT2D eigenvalue weighted by atomic mass is 32.1. The topological polar surface area (TPSA) is 84.7 Å². The van der Waals surface area contributed by atoms with E-state index in [0.29, 0.717) is 24.6 Å². The Hall–Kier alpha value is -1.60. The summed E-state index contributed by atoms with van der Waals surface area (Å²) in [4.78, 5) is 24.7. The molecule has 16 heavy (non-hydrogen) atoms. The Kier molecular flexibility index (Phi) is 3.07. The molecular formula is C9H11N3O3S. The zero-order chi connectivity index (χ0) is 11.5. The third-order valence-electron chi connectivity index (χ3n) is 2.29. The van der Waals surface area contributed by atoms with Gasteiger partial charge < -0.3 is 9.64 Å². The molecule has 1 fully saturated rings. The largest absolute Gasteiger partial charge is 0.448 e. The van der Waals surface area contributed by atoms with E-state index in [1.165, 1.54) is 11.3 Å². The second-order valence-corrected chi connectivity index (χ2v) is 4.20. The minimum absolute atomic E-state index is 0.336. The molecule has 2 heterocycles. The summed E-state index contributed by atoms with van der Waals surface area (Å²) in [5, 5.41) is 1.79. The highest BCUT2D eigenvalue weighted by Crippen LogP contribution is 2.19. The van der Waals surface area contributed by atoms with Gasteiger partial charge in [-0.05, 0) is 17.0 Å². The van der Waals surface area contributed by atoms with E-state index in [-0.39, 0.29) is 12.0 Å². The SMILES string of the molecule is NNC(=O)c1sccc1CN1CCOC1=O. The molecule has 0 aromatic carbocycles. The first-order chi connectivity index (χ1) is 7.72. The van der Waals surface area contributed by atoms with E-state index in [4.69, 9.17) is 10.6 Å². The molecule has 7 heteroatoms. The van der Waals surface area contributed by atoms with Crippen molar-refractivity contribution < 1.29 is 14.3 Å². The summed E-state index contributed by atoms with van der Waals surface area (Å²) in [6, 6.07) is 1.81. The highest BCUT2D eigenvalue weighted by Gasteiger charge is 2.24. The van der Waals surface area contributed by atoms with Gasteiger partial charge in [-0.15, -0.1) is 11.3 Å². The van der Waals surface area contributed by atoms with Crippen LogP contribution in [-0.4, -0.2) is 30.1 Å². The second-order valence-electron chi connectivity index (χ2n) is 3.28. The number of carbonyl (C=O) groups excluding carboxylic acids is 2. The molecule has 3 N–H and O–H groups in total. The Morgan fingerprint density at radius 2 is 2.50 bits per heavy atom. The van der Waals surface area contributed by atoms with E-state index in [1.807, 2.05) is 0 Å². The fourth-order valence-electron chi connectivity index (χ4n) is 1.50. The first-order valence-corrected chi connectivity index (χ1v) is 5.59. The van der Waals surface area contributed by atoms with Crippen molar-refractivity contribution >= 4 is 23.3 Å². The van der Waals surface area contributed by atoms with Gasteiger partial charge in [-0.25, -0.2) is 10.6 Å². The fourth-order valence-corrected chi connectivity index (χ4v) is 2.32. The monoisotopic (exact) mass is 241 g/mol. The number of nitrogens with one attached hydrogen (secondary N) is 1. The van der Waals surface area contributed by atoms with Gasteiger partial charge >= 0.3 is 6.09 Å². The van der Waals surface area contributed by atoms with Crippen LogP contribution in [0.1, 0.15) is 15.2 Å². The van der Waals surface area contributed by atoms with Crippen LogP contribution in [0.2, 0.25) is 0 Å². The fraction of sp³-hybridized carbons (Fsp3) is 0.333. The molecule has 1 aliphatic heterocycles. The third-order valence-corrected chi connectivity index (χ3v) is 3.25. The van der Waals surface area contributed by atoms with Crippen LogP contribution in [0.4, 0.5) is 4.79 Å². The summed E-state index contributed by atoms with van der Waals surface area (Å²) >= 11 is 1.30. The molecule has 0 unspecified atom stereocenters. The number of hydrazine groups is 1. The molecule has 0 radical (unpaired) electrons. The Morgan fingerprint density at radius 1 is 1.69 bits per heavy atom. The van der Waals surface area contributed by atoms with Gasteiger partial charge in [0, 0.05) is 0 Å². The maximum absolute atomic E-state index is 11.4. The quantitative estimate of drug-likeness (QED) is 0.453. The number of ether oxygens (including phenoxy) is 1. The standard InChI is InChI=1S/C9H11N3O3S/c10-11-8(13)7-6(1-4-16-7)5-12-2-3-15-9(12)14/h1,4H,2-3,5,10H2,(H,11,13). The van der Waals surface area contributed by atoms with E-state index >= 15 is 0 Å². The van der Waals surface area contributed by atoms with E-state index in [9.17, 15) is 9.59 Å². The first kappa shape index (κ1) is 10.9. The molecule has 1 saturated heterocycles. The van der Waals surface area contributed by atoms with E-state index in [2.05, 4.69) is 5.43 Å². The molecule has 86 valence electrons. The van der Waals surface area contributed by atoms with Crippen molar-refractivity contribution in [2.75, 3.05) is 13.2 Å². The van der Waals surface area contributed by atoms with E-state index in [1.54, 1.807) is 16.3 Å². The summed E-state index contributed by atoms with van der Waals surface area (Å²) in [5.74, 6) is 4.73. The lowest BCUT2D eigenvalue weighted by molar-refractivity contribution is 0.0955. The van der Waals surface area contributed by atoms with Gasteiger partial charge in [-0.3, -0.25) is 10.2 Å². The second kappa shape index (κ2) is 4.50. The van der Waals surface area contributed by atoms with Crippen molar-refractivity contribution in [2.24, 2.45) is 5.84 Å². The molecule has 2 rings (SSSR count). The smallest absolute Gasteiger partial charge is 0.410 e. The van der Waals surface area contributed by atoms with Crippen LogP contribution in [0.3, 0.4) is 0 Å².